The SMILES string of the molecule is COc1ccc(-c2c(C)nn3c2N=C(c2cccc(OC)c2)CC3c2ccccn2)cc1. The quantitative estimate of drug-likeness (QED) is 0.431. The summed E-state index contributed by atoms with van der Waals surface area (Å²) in [5.74, 6) is 2.47. The normalized spacial score (nSPS) is 15.1. The van der Waals surface area contributed by atoms with Gasteiger partial charge in [0.15, 0.2) is 5.82 Å². The summed E-state index contributed by atoms with van der Waals surface area (Å²) in [6, 6.07) is 22.0. The minimum atomic E-state index is -0.0457. The molecule has 0 radical (unpaired) electrons. The van der Waals surface area contributed by atoms with Crippen molar-refractivity contribution < 1.29 is 9.47 Å². The Balaban J connectivity index is 1.69. The van der Waals surface area contributed by atoms with Gasteiger partial charge in [0.1, 0.15) is 17.5 Å². The molecular formula is C26H24N4O2. The van der Waals surface area contributed by atoms with Crippen LogP contribution in [0.25, 0.3) is 11.1 Å². The number of rotatable bonds is 5. The number of fused-ring (bicyclic) bond motifs is 1. The largest absolute Gasteiger partial charge is 0.497 e. The van der Waals surface area contributed by atoms with Gasteiger partial charge in [-0.2, -0.15) is 5.10 Å². The Hall–Kier alpha value is -3.93. The van der Waals surface area contributed by atoms with E-state index in [0.29, 0.717) is 6.42 Å². The standard InChI is InChI=1S/C26H24N4O2/c1-17-25(18-10-12-20(31-2)13-11-18)26-28-23(19-7-6-8-21(15-19)32-3)16-24(30(26)29-17)22-9-4-5-14-27-22/h4-15,24H,16H2,1-3H3. The van der Waals surface area contributed by atoms with Crippen molar-refractivity contribution in [2.24, 2.45) is 4.99 Å². The average molecular weight is 425 g/mol. The molecule has 2 aromatic carbocycles. The van der Waals surface area contributed by atoms with Crippen LogP contribution in [-0.4, -0.2) is 34.7 Å². The van der Waals surface area contributed by atoms with Crippen LogP contribution < -0.4 is 9.47 Å². The molecule has 1 aliphatic heterocycles. The maximum absolute atomic E-state index is 5.45. The summed E-state index contributed by atoms with van der Waals surface area (Å²) in [6.07, 6.45) is 2.52. The van der Waals surface area contributed by atoms with Gasteiger partial charge in [0.05, 0.1) is 31.3 Å². The lowest BCUT2D eigenvalue weighted by atomic mass is 9.97. The summed E-state index contributed by atoms with van der Waals surface area (Å²) in [5, 5.41) is 4.90. The number of aliphatic imine (C=N–C) groups is 1. The van der Waals surface area contributed by atoms with Gasteiger partial charge in [-0.05, 0) is 54.4 Å². The van der Waals surface area contributed by atoms with Crippen LogP contribution >= 0.6 is 0 Å². The first-order valence-electron chi connectivity index (χ1n) is 10.5. The van der Waals surface area contributed by atoms with E-state index in [1.807, 2.05) is 66.3 Å². The first-order valence-corrected chi connectivity index (χ1v) is 10.5. The summed E-state index contributed by atoms with van der Waals surface area (Å²) >= 11 is 0. The molecule has 0 spiro atoms. The number of hydrogen-bond donors (Lipinski definition) is 0. The zero-order valence-corrected chi connectivity index (χ0v) is 18.3. The lowest BCUT2D eigenvalue weighted by Crippen LogP contribution is -2.22. The highest BCUT2D eigenvalue weighted by Crippen LogP contribution is 2.41. The van der Waals surface area contributed by atoms with Gasteiger partial charge in [0.2, 0.25) is 0 Å². The Bertz CT molecular complexity index is 1280. The van der Waals surface area contributed by atoms with Crippen LogP contribution in [0.4, 0.5) is 5.82 Å². The van der Waals surface area contributed by atoms with Crippen LogP contribution in [0.2, 0.25) is 0 Å². The van der Waals surface area contributed by atoms with Crippen molar-refractivity contribution in [1.82, 2.24) is 14.8 Å². The van der Waals surface area contributed by atoms with Crippen LogP contribution in [0.15, 0.2) is 77.9 Å². The lowest BCUT2D eigenvalue weighted by molar-refractivity contribution is 0.414. The van der Waals surface area contributed by atoms with E-state index < -0.39 is 0 Å². The molecule has 4 aromatic rings. The van der Waals surface area contributed by atoms with Crippen molar-refractivity contribution in [2.75, 3.05) is 14.2 Å². The number of methoxy groups -OCH3 is 2. The highest BCUT2D eigenvalue weighted by atomic mass is 16.5. The van der Waals surface area contributed by atoms with Gasteiger partial charge in [-0.1, -0.05) is 30.3 Å². The molecule has 3 heterocycles. The van der Waals surface area contributed by atoms with Crippen molar-refractivity contribution in [3.05, 3.63) is 89.9 Å². The minimum Gasteiger partial charge on any atom is -0.497 e. The van der Waals surface area contributed by atoms with E-state index in [4.69, 9.17) is 19.6 Å². The van der Waals surface area contributed by atoms with E-state index in [2.05, 4.69) is 23.2 Å². The second-order valence-corrected chi connectivity index (χ2v) is 7.72. The molecule has 0 aliphatic carbocycles. The van der Waals surface area contributed by atoms with Crippen molar-refractivity contribution in [3.63, 3.8) is 0 Å². The molecule has 6 heteroatoms. The fraction of sp³-hybridized carbons (Fsp3) is 0.192. The molecule has 0 fully saturated rings. The highest BCUT2D eigenvalue weighted by molar-refractivity contribution is 6.04. The number of benzene rings is 2. The maximum atomic E-state index is 5.45. The van der Waals surface area contributed by atoms with Crippen LogP contribution in [0, 0.1) is 6.92 Å². The Kier molecular flexibility index (Phi) is 5.19. The second kappa shape index (κ2) is 8.30. The van der Waals surface area contributed by atoms with Gasteiger partial charge in [-0.3, -0.25) is 4.98 Å². The average Bonchev–Trinajstić information content (AvgIpc) is 3.19. The molecule has 1 unspecified atom stereocenters. The van der Waals surface area contributed by atoms with Crippen molar-refractivity contribution in [1.29, 1.82) is 0 Å². The fourth-order valence-corrected chi connectivity index (χ4v) is 4.19. The number of hydrogen-bond acceptors (Lipinski definition) is 5. The molecule has 6 nitrogen and oxygen atoms in total. The first kappa shape index (κ1) is 20.0. The Morgan fingerprint density at radius 1 is 0.875 bits per heavy atom. The van der Waals surface area contributed by atoms with E-state index in [9.17, 15) is 0 Å². The molecule has 1 atom stereocenters. The van der Waals surface area contributed by atoms with E-state index in [1.165, 1.54) is 0 Å². The van der Waals surface area contributed by atoms with Gasteiger partial charge < -0.3 is 9.47 Å². The Labute approximate surface area is 187 Å². The molecule has 5 rings (SSSR count). The van der Waals surface area contributed by atoms with Crippen molar-refractivity contribution in [2.45, 2.75) is 19.4 Å². The van der Waals surface area contributed by atoms with Crippen molar-refractivity contribution in [3.8, 4) is 22.6 Å². The molecule has 32 heavy (non-hydrogen) atoms. The van der Waals surface area contributed by atoms with Gasteiger partial charge in [0, 0.05) is 18.2 Å². The first-order chi connectivity index (χ1) is 15.7. The molecule has 0 amide bonds. The van der Waals surface area contributed by atoms with Gasteiger partial charge in [0.25, 0.3) is 0 Å². The number of pyridine rings is 1. The molecule has 0 saturated carbocycles. The summed E-state index contributed by atoms with van der Waals surface area (Å²) in [4.78, 5) is 9.75. The van der Waals surface area contributed by atoms with E-state index in [1.54, 1.807) is 14.2 Å². The Morgan fingerprint density at radius 2 is 1.69 bits per heavy atom. The number of nitrogens with zero attached hydrogens (tertiary/aromatic N) is 4. The predicted molar refractivity (Wildman–Crippen MR) is 125 cm³/mol. The second-order valence-electron chi connectivity index (χ2n) is 7.72. The number of aromatic nitrogens is 3. The summed E-state index contributed by atoms with van der Waals surface area (Å²) < 4.78 is 12.8. The summed E-state index contributed by atoms with van der Waals surface area (Å²) in [6.45, 7) is 2.03. The van der Waals surface area contributed by atoms with Crippen LogP contribution in [0.1, 0.15) is 29.4 Å². The van der Waals surface area contributed by atoms with Crippen LogP contribution in [0.5, 0.6) is 11.5 Å². The molecule has 160 valence electrons. The van der Waals surface area contributed by atoms with Gasteiger partial charge in [-0.15, -0.1) is 0 Å². The third kappa shape index (κ3) is 3.54. The third-order valence-electron chi connectivity index (χ3n) is 5.79. The van der Waals surface area contributed by atoms with E-state index in [0.717, 1.165) is 51.1 Å². The highest BCUT2D eigenvalue weighted by Gasteiger charge is 2.30. The van der Waals surface area contributed by atoms with Crippen LogP contribution in [0.3, 0.4) is 0 Å². The minimum absolute atomic E-state index is 0.0457. The lowest BCUT2D eigenvalue weighted by Gasteiger charge is -2.24. The summed E-state index contributed by atoms with van der Waals surface area (Å²) in [7, 11) is 3.35. The number of ether oxygens (including phenoxy) is 2. The Morgan fingerprint density at radius 3 is 2.41 bits per heavy atom. The molecule has 0 N–H and O–H groups in total. The zero-order chi connectivity index (χ0) is 22.1. The fourth-order valence-electron chi connectivity index (χ4n) is 4.19. The maximum Gasteiger partial charge on any atom is 0.159 e. The molecule has 2 aromatic heterocycles. The molecule has 1 aliphatic rings. The smallest absolute Gasteiger partial charge is 0.159 e. The topological polar surface area (TPSA) is 61.5 Å². The van der Waals surface area contributed by atoms with Crippen LogP contribution in [-0.2, 0) is 0 Å². The summed E-state index contributed by atoms with van der Waals surface area (Å²) in [5.41, 5.74) is 6.00. The zero-order valence-electron chi connectivity index (χ0n) is 18.3. The number of aryl methyl sites for hydroxylation is 1. The van der Waals surface area contributed by atoms with Gasteiger partial charge >= 0.3 is 0 Å². The monoisotopic (exact) mass is 424 g/mol. The predicted octanol–water partition coefficient (Wildman–Crippen LogP) is 5.38. The molecular weight excluding hydrogens is 400 g/mol. The van der Waals surface area contributed by atoms with E-state index >= 15 is 0 Å². The van der Waals surface area contributed by atoms with E-state index in [-0.39, 0.29) is 6.04 Å². The van der Waals surface area contributed by atoms with Crippen molar-refractivity contribution >= 4 is 11.5 Å². The van der Waals surface area contributed by atoms with Gasteiger partial charge in [-0.25, -0.2) is 9.67 Å². The molecule has 0 bridgehead atoms. The molecule has 0 saturated heterocycles. The third-order valence-corrected chi connectivity index (χ3v) is 5.79.